The van der Waals surface area contributed by atoms with Gasteiger partial charge in [-0.05, 0) is 31.5 Å². The van der Waals surface area contributed by atoms with Crippen LogP contribution in [0.3, 0.4) is 0 Å². The van der Waals surface area contributed by atoms with Crippen molar-refractivity contribution >= 4 is 17.5 Å². The normalized spacial score (nSPS) is 18.1. The van der Waals surface area contributed by atoms with E-state index in [0.29, 0.717) is 11.6 Å². The first-order valence-corrected chi connectivity index (χ1v) is 7.42. The van der Waals surface area contributed by atoms with Crippen molar-refractivity contribution in [1.29, 1.82) is 0 Å². The number of aromatic hydroxyl groups is 1. The summed E-state index contributed by atoms with van der Waals surface area (Å²) in [5.41, 5.74) is 0.532. The average molecular weight is 297 g/mol. The van der Waals surface area contributed by atoms with E-state index in [-0.39, 0.29) is 16.7 Å². The summed E-state index contributed by atoms with van der Waals surface area (Å²) in [5.74, 6) is -0.0134. The van der Waals surface area contributed by atoms with E-state index in [1.807, 2.05) is 4.90 Å². The number of carbonyl (C=O) groups excluding carboxylic acids is 1. The molecule has 1 aromatic rings. The number of nitrogens with zero attached hydrogens (tertiary/aromatic N) is 2. The summed E-state index contributed by atoms with van der Waals surface area (Å²) in [6.07, 6.45) is 1.13. The number of hydrogen-bond donors (Lipinski definition) is 1. The lowest BCUT2D eigenvalue weighted by Gasteiger charge is -2.37. The Morgan fingerprint density at radius 1 is 1.35 bits per heavy atom. The average Bonchev–Trinajstić information content (AvgIpc) is 2.48. The molecule has 1 heterocycles. The molecule has 2 rings (SSSR count). The van der Waals surface area contributed by atoms with Crippen molar-refractivity contribution in [2.75, 3.05) is 26.2 Å². The second-order valence-electron chi connectivity index (χ2n) is 5.25. The molecule has 1 saturated heterocycles. The lowest BCUT2D eigenvalue weighted by atomic mass is 10.1. The van der Waals surface area contributed by atoms with E-state index in [1.165, 1.54) is 12.1 Å². The van der Waals surface area contributed by atoms with Crippen LogP contribution in [0.1, 0.15) is 30.6 Å². The Balaban J connectivity index is 1.99. The van der Waals surface area contributed by atoms with Crippen LogP contribution in [0.2, 0.25) is 5.02 Å². The summed E-state index contributed by atoms with van der Waals surface area (Å²) in [5, 5.41) is 9.61. The van der Waals surface area contributed by atoms with E-state index < -0.39 is 0 Å². The fraction of sp³-hybridized carbons (Fsp3) is 0.533. The maximum atomic E-state index is 12.4. The molecular weight excluding hydrogens is 276 g/mol. The predicted molar refractivity (Wildman–Crippen MR) is 80.3 cm³/mol. The highest BCUT2D eigenvalue weighted by Gasteiger charge is 2.24. The molecule has 20 heavy (non-hydrogen) atoms. The minimum atomic E-state index is -0.0179. The van der Waals surface area contributed by atoms with Crippen LogP contribution < -0.4 is 0 Å². The third-order valence-corrected chi connectivity index (χ3v) is 4.31. The molecule has 0 aromatic heterocycles. The quantitative estimate of drug-likeness (QED) is 0.932. The molecule has 0 saturated carbocycles. The van der Waals surface area contributed by atoms with Gasteiger partial charge in [-0.2, -0.15) is 0 Å². The van der Waals surface area contributed by atoms with Crippen LogP contribution in [0.4, 0.5) is 0 Å². The van der Waals surface area contributed by atoms with Crippen LogP contribution in [-0.2, 0) is 0 Å². The highest BCUT2D eigenvalue weighted by Crippen LogP contribution is 2.24. The van der Waals surface area contributed by atoms with E-state index in [1.54, 1.807) is 6.07 Å². The highest BCUT2D eigenvalue weighted by atomic mass is 35.5. The Kier molecular flexibility index (Phi) is 4.89. The molecule has 1 unspecified atom stereocenters. The Bertz CT molecular complexity index is 485. The van der Waals surface area contributed by atoms with Gasteiger partial charge in [0.25, 0.3) is 5.91 Å². The molecular formula is C15H21ClN2O2. The first kappa shape index (κ1) is 15.1. The van der Waals surface area contributed by atoms with Crippen molar-refractivity contribution in [2.24, 2.45) is 0 Å². The molecule has 1 aliphatic rings. The molecule has 1 amide bonds. The van der Waals surface area contributed by atoms with Gasteiger partial charge in [0.05, 0.1) is 5.02 Å². The highest BCUT2D eigenvalue weighted by molar-refractivity contribution is 6.32. The number of rotatable bonds is 3. The Morgan fingerprint density at radius 2 is 2.00 bits per heavy atom. The molecule has 0 bridgehead atoms. The topological polar surface area (TPSA) is 43.8 Å². The molecule has 0 aliphatic carbocycles. The number of halogens is 1. The number of benzene rings is 1. The van der Waals surface area contributed by atoms with Gasteiger partial charge in [0, 0.05) is 37.8 Å². The Morgan fingerprint density at radius 3 is 2.55 bits per heavy atom. The third kappa shape index (κ3) is 3.25. The van der Waals surface area contributed by atoms with Crippen molar-refractivity contribution in [1.82, 2.24) is 9.80 Å². The van der Waals surface area contributed by atoms with Crippen molar-refractivity contribution in [3.05, 3.63) is 28.8 Å². The summed E-state index contributed by atoms with van der Waals surface area (Å²) in [4.78, 5) is 16.6. The van der Waals surface area contributed by atoms with Crippen LogP contribution in [0.5, 0.6) is 5.75 Å². The fourth-order valence-electron chi connectivity index (χ4n) is 2.45. The van der Waals surface area contributed by atoms with E-state index in [0.717, 1.165) is 32.6 Å². The molecule has 1 fully saturated rings. The van der Waals surface area contributed by atoms with Gasteiger partial charge in [-0.3, -0.25) is 9.69 Å². The number of piperazine rings is 1. The maximum absolute atomic E-state index is 12.4. The van der Waals surface area contributed by atoms with Crippen LogP contribution >= 0.6 is 11.6 Å². The molecule has 110 valence electrons. The summed E-state index contributed by atoms with van der Waals surface area (Å²) in [7, 11) is 0. The molecule has 5 heteroatoms. The van der Waals surface area contributed by atoms with Gasteiger partial charge < -0.3 is 10.0 Å². The number of phenols is 1. The predicted octanol–water partition coefficient (Wildman–Crippen LogP) is 2.60. The monoisotopic (exact) mass is 296 g/mol. The smallest absolute Gasteiger partial charge is 0.253 e. The molecule has 0 radical (unpaired) electrons. The van der Waals surface area contributed by atoms with Gasteiger partial charge >= 0.3 is 0 Å². The summed E-state index contributed by atoms with van der Waals surface area (Å²) >= 11 is 5.85. The molecule has 1 atom stereocenters. The minimum Gasteiger partial charge on any atom is -0.506 e. The first-order valence-electron chi connectivity index (χ1n) is 7.04. The zero-order chi connectivity index (χ0) is 14.7. The summed E-state index contributed by atoms with van der Waals surface area (Å²) in [6.45, 7) is 7.69. The first-order chi connectivity index (χ1) is 9.52. The van der Waals surface area contributed by atoms with Gasteiger partial charge in [-0.15, -0.1) is 0 Å². The van der Waals surface area contributed by atoms with E-state index in [4.69, 9.17) is 11.6 Å². The van der Waals surface area contributed by atoms with Crippen molar-refractivity contribution in [3.8, 4) is 5.75 Å². The van der Waals surface area contributed by atoms with Crippen LogP contribution in [0.15, 0.2) is 18.2 Å². The second-order valence-corrected chi connectivity index (χ2v) is 5.66. The van der Waals surface area contributed by atoms with Crippen molar-refractivity contribution in [2.45, 2.75) is 26.3 Å². The molecule has 1 N–H and O–H groups in total. The largest absolute Gasteiger partial charge is 0.506 e. The number of hydrogen-bond acceptors (Lipinski definition) is 3. The fourth-order valence-corrected chi connectivity index (χ4v) is 2.63. The molecule has 4 nitrogen and oxygen atoms in total. The van der Waals surface area contributed by atoms with Crippen LogP contribution in [0, 0.1) is 0 Å². The SMILES string of the molecule is CCC(C)N1CCN(C(=O)c2ccc(O)c(Cl)c2)CC1. The van der Waals surface area contributed by atoms with Gasteiger partial charge in [0.15, 0.2) is 0 Å². The Labute approximate surface area is 124 Å². The summed E-state index contributed by atoms with van der Waals surface area (Å²) < 4.78 is 0. The number of carbonyl (C=O) groups is 1. The standard InChI is InChI=1S/C15H21ClN2O2/c1-3-11(2)17-6-8-18(9-7-17)15(20)12-4-5-14(19)13(16)10-12/h4-5,10-11,19H,3,6-9H2,1-2H3. The lowest BCUT2D eigenvalue weighted by Crippen LogP contribution is -2.51. The molecule has 0 spiro atoms. The minimum absolute atomic E-state index is 0.00445. The van der Waals surface area contributed by atoms with Crippen molar-refractivity contribution < 1.29 is 9.90 Å². The van der Waals surface area contributed by atoms with E-state index in [9.17, 15) is 9.90 Å². The second kappa shape index (κ2) is 6.46. The third-order valence-electron chi connectivity index (χ3n) is 4.01. The Hall–Kier alpha value is -1.26. The molecule has 1 aromatic carbocycles. The van der Waals surface area contributed by atoms with E-state index in [2.05, 4.69) is 18.7 Å². The molecule has 1 aliphatic heterocycles. The number of phenolic OH excluding ortho intramolecular Hbond substituents is 1. The zero-order valence-electron chi connectivity index (χ0n) is 12.0. The number of amides is 1. The lowest BCUT2D eigenvalue weighted by molar-refractivity contribution is 0.0579. The zero-order valence-corrected chi connectivity index (χ0v) is 12.7. The van der Waals surface area contributed by atoms with Gasteiger partial charge in [-0.25, -0.2) is 0 Å². The van der Waals surface area contributed by atoms with Crippen LogP contribution in [0.25, 0.3) is 0 Å². The maximum Gasteiger partial charge on any atom is 0.253 e. The van der Waals surface area contributed by atoms with Gasteiger partial charge in [0.2, 0.25) is 0 Å². The van der Waals surface area contributed by atoms with Gasteiger partial charge in [-0.1, -0.05) is 18.5 Å². The van der Waals surface area contributed by atoms with E-state index >= 15 is 0 Å². The van der Waals surface area contributed by atoms with Gasteiger partial charge in [0.1, 0.15) is 5.75 Å². The van der Waals surface area contributed by atoms with Crippen molar-refractivity contribution in [3.63, 3.8) is 0 Å². The van der Waals surface area contributed by atoms with Crippen LogP contribution in [-0.4, -0.2) is 53.0 Å². The summed E-state index contributed by atoms with van der Waals surface area (Å²) in [6, 6.07) is 5.17.